The van der Waals surface area contributed by atoms with Gasteiger partial charge in [-0.05, 0) is 35.7 Å². The predicted octanol–water partition coefficient (Wildman–Crippen LogP) is 5.44. The molecule has 0 aliphatic heterocycles. The van der Waals surface area contributed by atoms with Gasteiger partial charge in [0.05, 0.1) is 17.7 Å². The van der Waals surface area contributed by atoms with Crippen molar-refractivity contribution in [1.29, 1.82) is 0 Å². The summed E-state index contributed by atoms with van der Waals surface area (Å²) >= 11 is 1.36. The first kappa shape index (κ1) is 19.4. The van der Waals surface area contributed by atoms with E-state index in [2.05, 4.69) is 14.7 Å². The van der Waals surface area contributed by atoms with Crippen LogP contribution in [0, 0.1) is 0 Å². The molecule has 0 spiro atoms. The highest BCUT2D eigenvalue weighted by molar-refractivity contribution is 7.86. The number of nitrogens with zero attached hydrogens (tertiary/aromatic N) is 2. The molecule has 1 atom stereocenters. The Hall–Kier alpha value is -2.91. The highest BCUT2D eigenvalue weighted by Gasteiger charge is 2.16. The number of fused-ring (bicyclic) bond motifs is 1. The van der Waals surface area contributed by atoms with E-state index in [0.29, 0.717) is 27.0 Å². The van der Waals surface area contributed by atoms with Crippen LogP contribution in [0.4, 0.5) is 13.9 Å². The average Bonchev–Trinajstić information content (AvgIpc) is 3.25. The molecule has 4 aromatic rings. The second kappa shape index (κ2) is 8.22. The summed E-state index contributed by atoms with van der Waals surface area (Å²) in [5.74, 6) is 0.320. The van der Waals surface area contributed by atoms with E-state index in [1.165, 1.54) is 30.6 Å². The van der Waals surface area contributed by atoms with Crippen LogP contribution in [0.15, 0.2) is 65.1 Å². The number of nitrogens with one attached hydrogen (secondary N) is 1. The fourth-order valence-corrected chi connectivity index (χ4v) is 4.48. The average molecular weight is 431 g/mol. The molecule has 4 rings (SSSR count). The summed E-state index contributed by atoms with van der Waals surface area (Å²) < 4.78 is 46.8. The van der Waals surface area contributed by atoms with Gasteiger partial charge in [-0.1, -0.05) is 12.1 Å². The number of rotatable bonds is 6. The van der Waals surface area contributed by atoms with Gasteiger partial charge in [0.2, 0.25) is 0 Å². The molecule has 2 heterocycles. The molecule has 5 nitrogen and oxygen atoms in total. The molecule has 0 aliphatic rings. The molecule has 0 amide bonds. The first-order chi connectivity index (χ1) is 14.1. The van der Waals surface area contributed by atoms with E-state index in [9.17, 15) is 13.0 Å². The van der Waals surface area contributed by atoms with Crippen LogP contribution in [0.5, 0.6) is 5.75 Å². The molecule has 148 valence electrons. The standard InChI is InChI=1S/C20H15F2N3O2S2/c1-27-17-11-13(19(21)22)2-4-16(17)18-15-5-3-14(10-12(15)6-7-23-18)29(26)25-20-24-8-9-28-20/h2-11,19H,1H3,(H,24,25). The number of halogens is 2. The van der Waals surface area contributed by atoms with Crippen LogP contribution < -0.4 is 9.46 Å². The number of thiazole rings is 1. The van der Waals surface area contributed by atoms with Crippen molar-refractivity contribution in [2.75, 3.05) is 11.8 Å². The number of hydrogen-bond donors (Lipinski definition) is 1. The lowest BCUT2D eigenvalue weighted by molar-refractivity contribution is 0.151. The zero-order valence-corrected chi connectivity index (χ0v) is 16.8. The fraction of sp³-hybridized carbons (Fsp3) is 0.100. The van der Waals surface area contributed by atoms with Crippen molar-refractivity contribution in [2.24, 2.45) is 0 Å². The summed E-state index contributed by atoms with van der Waals surface area (Å²) in [4.78, 5) is 9.09. The number of aromatic nitrogens is 2. The zero-order chi connectivity index (χ0) is 20.4. The SMILES string of the molecule is COc1cc(C(F)F)ccc1-c1nccc2cc(S(=O)Nc3nccs3)ccc12. The van der Waals surface area contributed by atoms with Crippen molar-refractivity contribution in [2.45, 2.75) is 11.3 Å². The zero-order valence-electron chi connectivity index (χ0n) is 15.1. The Morgan fingerprint density at radius 1 is 1.10 bits per heavy atom. The lowest BCUT2D eigenvalue weighted by atomic mass is 10.0. The normalized spacial score (nSPS) is 12.3. The van der Waals surface area contributed by atoms with Crippen molar-refractivity contribution in [3.63, 3.8) is 0 Å². The van der Waals surface area contributed by atoms with Crippen molar-refractivity contribution in [3.05, 3.63) is 65.8 Å². The molecule has 0 radical (unpaired) electrons. The van der Waals surface area contributed by atoms with Gasteiger partial charge >= 0.3 is 0 Å². The minimum atomic E-state index is -2.58. The Balaban J connectivity index is 1.74. The Labute approximate surface area is 172 Å². The molecule has 2 aromatic heterocycles. The number of alkyl halides is 2. The number of anilines is 1. The first-order valence-corrected chi connectivity index (χ1v) is 10.5. The second-order valence-corrected chi connectivity index (χ2v) is 8.12. The Morgan fingerprint density at radius 3 is 2.69 bits per heavy atom. The van der Waals surface area contributed by atoms with Crippen molar-refractivity contribution < 1.29 is 17.7 Å². The maximum absolute atomic E-state index is 13.0. The van der Waals surface area contributed by atoms with Crippen molar-refractivity contribution in [1.82, 2.24) is 9.97 Å². The van der Waals surface area contributed by atoms with E-state index in [0.717, 1.165) is 10.8 Å². The lowest BCUT2D eigenvalue weighted by Crippen LogP contribution is -2.04. The molecular weight excluding hydrogens is 416 g/mol. The summed E-state index contributed by atoms with van der Waals surface area (Å²) in [5, 5.41) is 3.99. The second-order valence-electron chi connectivity index (χ2n) is 6.01. The number of methoxy groups -OCH3 is 1. The molecule has 1 unspecified atom stereocenters. The number of hydrogen-bond acceptors (Lipinski definition) is 5. The van der Waals surface area contributed by atoms with Crippen LogP contribution in [0.25, 0.3) is 22.0 Å². The summed E-state index contributed by atoms with van der Waals surface area (Å²) in [6, 6.07) is 11.4. The molecule has 29 heavy (non-hydrogen) atoms. The molecule has 1 N–H and O–H groups in total. The topological polar surface area (TPSA) is 64.1 Å². The predicted molar refractivity (Wildman–Crippen MR) is 111 cm³/mol. The van der Waals surface area contributed by atoms with Gasteiger partial charge in [-0.15, -0.1) is 11.3 Å². The monoisotopic (exact) mass is 431 g/mol. The van der Waals surface area contributed by atoms with Gasteiger partial charge in [0.25, 0.3) is 6.43 Å². The van der Waals surface area contributed by atoms with Gasteiger partial charge in [-0.25, -0.2) is 18.0 Å². The smallest absolute Gasteiger partial charge is 0.263 e. The molecule has 9 heteroatoms. The maximum Gasteiger partial charge on any atom is 0.263 e. The summed E-state index contributed by atoms with van der Waals surface area (Å²) in [6.07, 6.45) is 0.676. The number of benzene rings is 2. The number of ether oxygens (including phenoxy) is 1. The molecular formula is C20H15F2N3O2S2. The van der Waals surface area contributed by atoms with Gasteiger partial charge in [-0.2, -0.15) is 0 Å². The summed E-state index contributed by atoms with van der Waals surface area (Å²) in [5.41, 5.74) is 1.10. The maximum atomic E-state index is 13.0. The lowest BCUT2D eigenvalue weighted by Gasteiger charge is -2.13. The van der Waals surface area contributed by atoms with Crippen LogP contribution in [0.1, 0.15) is 12.0 Å². The van der Waals surface area contributed by atoms with Crippen LogP contribution in [-0.4, -0.2) is 21.3 Å². The molecule has 0 bridgehead atoms. The molecule has 0 saturated carbocycles. The quantitative estimate of drug-likeness (QED) is 0.442. The number of pyridine rings is 1. The summed E-state index contributed by atoms with van der Waals surface area (Å²) in [6.45, 7) is 0. The third kappa shape index (κ3) is 3.96. The minimum Gasteiger partial charge on any atom is -0.496 e. The molecule has 0 aliphatic carbocycles. The van der Waals surface area contributed by atoms with Gasteiger partial charge in [0.15, 0.2) is 16.1 Å². The Morgan fingerprint density at radius 2 is 1.97 bits per heavy atom. The minimum absolute atomic E-state index is 0.114. The van der Waals surface area contributed by atoms with Gasteiger partial charge in [0.1, 0.15) is 5.75 Å². The van der Waals surface area contributed by atoms with Crippen LogP contribution in [-0.2, 0) is 11.0 Å². The molecule has 0 saturated heterocycles. The Kier molecular flexibility index (Phi) is 5.50. The van der Waals surface area contributed by atoms with Crippen LogP contribution >= 0.6 is 11.3 Å². The van der Waals surface area contributed by atoms with Crippen LogP contribution in [0.2, 0.25) is 0 Å². The molecule has 2 aromatic carbocycles. The fourth-order valence-electron chi connectivity index (χ4n) is 2.94. The third-order valence-corrected chi connectivity index (χ3v) is 6.17. The van der Waals surface area contributed by atoms with E-state index in [-0.39, 0.29) is 5.56 Å². The largest absolute Gasteiger partial charge is 0.496 e. The van der Waals surface area contributed by atoms with Gasteiger partial charge < -0.3 is 4.74 Å². The van der Waals surface area contributed by atoms with Crippen molar-refractivity contribution >= 4 is 38.2 Å². The third-order valence-electron chi connectivity index (χ3n) is 4.29. The van der Waals surface area contributed by atoms with Gasteiger partial charge in [-0.3, -0.25) is 9.71 Å². The van der Waals surface area contributed by atoms with Gasteiger partial charge in [0, 0.05) is 34.3 Å². The van der Waals surface area contributed by atoms with E-state index in [4.69, 9.17) is 4.74 Å². The van der Waals surface area contributed by atoms with Crippen molar-refractivity contribution in [3.8, 4) is 17.0 Å². The highest BCUT2D eigenvalue weighted by Crippen LogP contribution is 2.36. The Bertz CT molecular complexity index is 1180. The highest BCUT2D eigenvalue weighted by atomic mass is 32.2. The van der Waals surface area contributed by atoms with E-state index in [1.54, 1.807) is 36.0 Å². The van der Waals surface area contributed by atoms with Crippen LogP contribution in [0.3, 0.4) is 0 Å². The first-order valence-electron chi connectivity index (χ1n) is 8.50. The van der Waals surface area contributed by atoms with E-state index >= 15 is 0 Å². The summed E-state index contributed by atoms with van der Waals surface area (Å²) in [7, 11) is -0.0295. The molecule has 0 fully saturated rings. The van der Waals surface area contributed by atoms with E-state index in [1.807, 2.05) is 12.1 Å². The van der Waals surface area contributed by atoms with E-state index < -0.39 is 17.4 Å².